The van der Waals surface area contributed by atoms with Gasteiger partial charge in [-0.05, 0) is 37.7 Å². The van der Waals surface area contributed by atoms with Crippen molar-refractivity contribution >= 4 is 11.6 Å². The molecule has 2 N–H and O–H groups in total. The van der Waals surface area contributed by atoms with Gasteiger partial charge in [-0.15, -0.1) is 0 Å². The summed E-state index contributed by atoms with van der Waals surface area (Å²) in [6.07, 6.45) is 2.19. The molecule has 2 fully saturated rings. The van der Waals surface area contributed by atoms with Crippen molar-refractivity contribution in [3.63, 3.8) is 0 Å². The minimum Gasteiger partial charge on any atom is -0.471 e. The molecule has 2 aliphatic heterocycles. The molecule has 2 saturated heterocycles. The largest absolute Gasteiger partial charge is 0.471 e. The van der Waals surface area contributed by atoms with Gasteiger partial charge in [0.25, 0.3) is 0 Å². The van der Waals surface area contributed by atoms with Crippen molar-refractivity contribution in [3.05, 3.63) is 18.3 Å². The maximum Gasteiger partial charge on any atom is 0.340 e. The van der Waals surface area contributed by atoms with Gasteiger partial charge in [0.2, 0.25) is 11.8 Å². The minimum atomic E-state index is -4.23. The van der Waals surface area contributed by atoms with E-state index in [1.807, 2.05) is 0 Å². The van der Waals surface area contributed by atoms with Gasteiger partial charge in [0.05, 0.1) is 11.9 Å². The molecular weight excluding hydrogens is 354 g/mol. The van der Waals surface area contributed by atoms with Crippen LogP contribution in [0.2, 0.25) is 0 Å². The van der Waals surface area contributed by atoms with E-state index in [0.29, 0.717) is 30.1 Å². The quantitative estimate of drug-likeness (QED) is 0.719. The molecule has 2 atom stereocenters. The first-order chi connectivity index (χ1) is 12.3. The van der Waals surface area contributed by atoms with Gasteiger partial charge in [-0.25, -0.2) is 13.8 Å². The number of anilines is 1. The molecule has 5 nitrogen and oxygen atoms in total. The molecule has 1 aromatic heterocycles. The van der Waals surface area contributed by atoms with Crippen LogP contribution in [0.1, 0.15) is 32.1 Å². The van der Waals surface area contributed by atoms with Crippen LogP contribution in [0.25, 0.3) is 0 Å². The van der Waals surface area contributed by atoms with Gasteiger partial charge in [0.1, 0.15) is 0 Å². The highest BCUT2D eigenvalue weighted by atomic mass is 19.3. The molecule has 0 radical (unpaired) electrons. The first-order valence-corrected chi connectivity index (χ1v) is 8.62. The van der Waals surface area contributed by atoms with E-state index < -0.39 is 19.0 Å². The highest BCUT2D eigenvalue weighted by Gasteiger charge is 2.41. The zero-order valence-corrected chi connectivity index (χ0v) is 14.1. The van der Waals surface area contributed by atoms with Crippen molar-refractivity contribution < 1.29 is 27.1 Å². The third kappa shape index (κ3) is 4.84. The van der Waals surface area contributed by atoms with Crippen LogP contribution in [0.5, 0.6) is 5.88 Å². The number of nitrogens with one attached hydrogen (secondary N) is 2. The molecule has 3 heterocycles. The second-order valence-electron chi connectivity index (χ2n) is 6.96. The lowest BCUT2D eigenvalue weighted by Gasteiger charge is -2.28. The molecule has 1 aromatic rings. The maximum absolute atomic E-state index is 12.8. The van der Waals surface area contributed by atoms with Crippen LogP contribution < -0.4 is 15.4 Å². The Hall–Kier alpha value is -1.90. The Bertz CT molecular complexity index is 615. The average Bonchev–Trinajstić information content (AvgIpc) is 2.92. The molecule has 1 amide bonds. The van der Waals surface area contributed by atoms with Crippen LogP contribution in [0, 0.1) is 5.92 Å². The predicted octanol–water partition coefficient (Wildman–Crippen LogP) is 3.22. The number of hydrogen-bond donors (Lipinski definition) is 2. The van der Waals surface area contributed by atoms with E-state index in [-0.39, 0.29) is 11.8 Å². The average molecular weight is 375 g/mol. The third-order valence-corrected chi connectivity index (χ3v) is 4.80. The number of carbonyl (C=O) groups excluding carboxylic acids is 1. The molecule has 144 valence electrons. The molecule has 0 saturated carbocycles. The van der Waals surface area contributed by atoms with E-state index in [1.165, 1.54) is 31.2 Å². The number of fused-ring (bicyclic) bond motifs is 2. The van der Waals surface area contributed by atoms with Crippen LogP contribution in [0.4, 0.5) is 23.2 Å². The van der Waals surface area contributed by atoms with Crippen molar-refractivity contribution in [2.24, 2.45) is 5.92 Å². The van der Waals surface area contributed by atoms with Crippen molar-refractivity contribution in [2.45, 2.75) is 56.5 Å². The van der Waals surface area contributed by atoms with E-state index in [9.17, 15) is 22.4 Å². The molecule has 0 aromatic carbocycles. The third-order valence-electron chi connectivity index (χ3n) is 4.80. The monoisotopic (exact) mass is 375 g/mol. The molecule has 2 aliphatic rings. The minimum absolute atomic E-state index is 0.129. The maximum atomic E-state index is 12.8. The lowest BCUT2D eigenvalue weighted by molar-refractivity contribution is -0.148. The Kier molecular flexibility index (Phi) is 5.64. The van der Waals surface area contributed by atoms with Crippen LogP contribution in [-0.2, 0) is 4.79 Å². The number of alkyl halides is 4. The van der Waals surface area contributed by atoms with Gasteiger partial charge < -0.3 is 15.4 Å². The van der Waals surface area contributed by atoms with Crippen LogP contribution in [0.3, 0.4) is 0 Å². The smallest absolute Gasteiger partial charge is 0.340 e. The number of hydrogen-bond acceptors (Lipinski definition) is 4. The summed E-state index contributed by atoms with van der Waals surface area (Å²) in [6, 6.07) is 3.71. The summed E-state index contributed by atoms with van der Waals surface area (Å²) < 4.78 is 54.3. The lowest BCUT2D eigenvalue weighted by atomic mass is 9.89. The van der Waals surface area contributed by atoms with Gasteiger partial charge in [-0.1, -0.05) is 0 Å². The Morgan fingerprint density at radius 1 is 1.31 bits per heavy atom. The fraction of sp³-hybridized carbons (Fsp3) is 0.647. The second-order valence-corrected chi connectivity index (χ2v) is 6.96. The van der Waals surface area contributed by atoms with Gasteiger partial charge in [-0.2, -0.15) is 8.78 Å². The summed E-state index contributed by atoms with van der Waals surface area (Å²) >= 11 is 0. The van der Waals surface area contributed by atoms with Crippen molar-refractivity contribution in [2.75, 3.05) is 11.9 Å². The highest BCUT2D eigenvalue weighted by Crippen LogP contribution is 2.32. The van der Waals surface area contributed by atoms with E-state index in [1.54, 1.807) is 0 Å². The number of carbonyl (C=O) groups is 1. The summed E-state index contributed by atoms with van der Waals surface area (Å²) in [6.45, 7) is -1.46. The molecule has 9 heteroatoms. The van der Waals surface area contributed by atoms with Gasteiger partial charge in [0.15, 0.2) is 6.61 Å². The fourth-order valence-corrected chi connectivity index (χ4v) is 3.59. The molecule has 0 spiro atoms. The Morgan fingerprint density at radius 3 is 2.58 bits per heavy atom. The van der Waals surface area contributed by atoms with E-state index in [2.05, 4.69) is 20.4 Å². The Balaban J connectivity index is 1.45. The Morgan fingerprint density at radius 2 is 2.00 bits per heavy atom. The lowest BCUT2D eigenvalue weighted by Crippen LogP contribution is -2.39. The number of amides is 1. The molecule has 2 unspecified atom stereocenters. The zero-order valence-electron chi connectivity index (χ0n) is 14.1. The van der Waals surface area contributed by atoms with E-state index in [0.717, 1.165) is 12.8 Å². The van der Waals surface area contributed by atoms with Crippen molar-refractivity contribution in [1.29, 1.82) is 0 Å². The second kappa shape index (κ2) is 7.77. The number of ether oxygens (including phenoxy) is 1. The SMILES string of the molecule is O=C(CC1CC2CCC(C1)N2)Nc1ccc(OCC(F)(F)C(F)F)nc1. The normalized spacial score (nSPS) is 25.3. The topological polar surface area (TPSA) is 63.2 Å². The van der Waals surface area contributed by atoms with Gasteiger partial charge >= 0.3 is 12.3 Å². The number of nitrogens with zero attached hydrogens (tertiary/aromatic N) is 1. The fourth-order valence-electron chi connectivity index (χ4n) is 3.59. The van der Waals surface area contributed by atoms with Crippen LogP contribution >= 0.6 is 0 Å². The first-order valence-electron chi connectivity index (χ1n) is 8.62. The van der Waals surface area contributed by atoms with Gasteiger partial charge in [0, 0.05) is 24.6 Å². The summed E-state index contributed by atoms with van der Waals surface area (Å²) in [7, 11) is 0. The highest BCUT2D eigenvalue weighted by molar-refractivity contribution is 5.90. The number of pyridine rings is 1. The molecule has 3 rings (SSSR count). The van der Waals surface area contributed by atoms with Crippen molar-refractivity contribution in [1.82, 2.24) is 10.3 Å². The summed E-state index contributed by atoms with van der Waals surface area (Å²) in [5.74, 6) is -4.22. The summed E-state index contributed by atoms with van der Waals surface area (Å²) in [5, 5.41) is 6.23. The first kappa shape index (κ1) is 18.9. The van der Waals surface area contributed by atoms with E-state index in [4.69, 9.17) is 0 Å². The Labute approximate surface area is 148 Å². The van der Waals surface area contributed by atoms with Crippen molar-refractivity contribution in [3.8, 4) is 5.88 Å². The molecule has 0 aliphatic carbocycles. The summed E-state index contributed by atoms with van der Waals surface area (Å²) in [4.78, 5) is 15.9. The predicted molar refractivity (Wildman–Crippen MR) is 86.6 cm³/mol. The number of piperidine rings is 1. The van der Waals surface area contributed by atoms with Gasteiger partial charge in [-0.3, -0.25) is 4.79 Å². The molecule has 26 heavy (non-hydrogen) atoms. The number of aromatic nitrogens is 1. The van der Waals surface area contributed by atoms with Crippen LogP contribution in [-0.4, -0.2) is 41.9 Å². The number of rotatable bonds is 7. The standard InChI is InChI=1S/C17H21F4N3O2/c18-16(19)17(20,21)9-26-15-4-3-13(8-22-15)24-14(25)7-10-5-11-1-2-12(6-10)23-11/h3-4,8,10-12,16,23H,1-2,5-7,9H2,(H,24,25). The zero-order chi connectivity index (χ0) is 18.7. The summed E-state index contributed by atoms with van der Waals surface area (Å²) in [5.41, 5.74) is 0.403. The molecule has 2 bridgehead atoms. The van der Waals surface area contributed by atoms with Crippen LogP contribution in [0.15, 0.2) is 18.3 Å². The number of halogens is 4. The molecular formula is C17H21F4N3O2. The van der Waals surface area contributed by atoms with E-state index >= 15 is 0 Å².